The van der Waals surface area contributed by atoms with Crippen molar-refractivity contribution in [1.29, 1.82) is 0 Å². The third-order valence-electron chi connectivity index (χ3n) is 2.19. The van der Waals surface area contributed by atoms with Gasteiger partial charge < -0.3 is 0 Å². The van der Waals surface area contributed by atoms with Crippen molar-refractivity contribution in [3.63, 3.8) is 0 Å². The van der Waals surface area contributed by atoms with E-state index in [4.69, 9.17) is 11.6 Å². The van der Waals surface area contributed by atoms with Gasteiger partial charge in [0.15, 0.2) is 0 Å². The number of hydrogen-bond donors (Lipinski definition) is 1. The Labute approximate surface area is 90.9 Å². The second-order valence-corrected chi connectivity index (χ2v) is 3.63. The van der Waals surface area contributed by atoms with Gasteiger partial charge in [0.05, 0.1) is 5.92 Å². The molecule has 0 spiro atoms. The molecule has 6 heteroatoms. The number of piperidine rings is 1. The molecule has 1 fully saturated rings. The highest BCUT2D eigenvalue weighted by atomic mass is 35.5. The Kier molecular flexibility index (Phi) is 2.64. The van der Waals surface area contributed by atoms with Gasteiger partial charge in [0.25, 0.3) is 0 Å². The fourth-order valence-electron chi connectivity index (χ4n) is 1.46. The van der Waals surface area contributed by atoms with E-state index >= 15 is 0 Å². The van der Waals surface area contributed by atoms with E-state index in [0.29, 0.717) is 23.8 Å². The zero-order chi connectivity index (χ0) is 10.8. The fourth-order valence-corrected chi connectivity index (χ4v) is 1.60. The van der Waals surface area contributed by atoms with E-state index in [0.717, 1.165) is 0 Å². The Morgan fingerprint density at radius 3 is 2.93 bits per heavy atom. The lowest BCUT2D eigenvalue weighted by atomic mass is 9.97. The molecule has 1 aliphatic rings. The first-order valence-electron chi connectivity index (χ1n) is 4.49. The summed E-state index contributed by atoms with van der Waals surface area (Å²) in [5, 5.41) is 2.54. The van der Waals surface area contributed by atoms with E-state index in [1.54, 1.807) is 0 Å². The normalized spacial score (nSPS) is 21.3. The van der Waals surface area contributed by atoms with Crippen molar-refractivity contribution in [2.45, 2.75) is 18.8 Å². The van der Waals surface area contributed by atoms with Crippen molar-refractivity contribution in [3.05, 3.63) is 23.2 Å². The quantitative estimate of drug-likeness (QED) is 0.563. The van der Waals surface area contributed by atoms with Crippen LogP contribution in [0.1, 0.15) is 24.6 Å². The largest absolute Gasteiger partial charge is 0.296 e. The maximum absolute atomic E-state index is 11.5. The lowest BCUT2D eigenvalue weighted by Crippen LogP contribution is -2.40. The molecular weight excluding hydrogens is 218 g/mol. The van der Waals surface area contributed by atoms with Crippen LogP contribution in [0.25, 0.3) is 0 Å². The van der Waals surface area contributed by atoms with Gasteiger partial charge in [-0.1, -0.05) is 11.6 Å². The van der Waals surface area contributed by atoms with Crippen LogP contribution in [-0.2, 0) is 9.59 Å². The Hall–Kier alpha value is -1.49. The predicted octanol–water partition coefficient (Wildman–Crippen LogP) is 0.650. The predicted molar refractivity (Wildman–Crippen MR) is 52.2 cm³/mol. The molecule has 0 aromatic carbocycles. The highest BCUT2D eigenvalue weighted by Gasteiger charge is 2.29. The molecule has 78 valence electrons. The first kappa shape index (κ1) is 10.0. The smallest absolute Gasteiger partial charge is 0.237 e. The molecule has 0 saturated carbocycles. The summed E-state index contributed by atoms with van der Waals surface area (Å²) in [5.74, 6) is -0.708. The molecule has 1 unspecified atom stereocenters. The van der Waals surface area contributed by atoms with Gasteiger partial charge >= 0.3 is 0 Å². The monoisotopic (exact) mass is 225 g/mol. The lowest BCUT2D eigenvalue weighted by molar-refractivity contribution is -0.134. The summed E-state index contributed by atoms with van der Waals surface area (Å²) < 4.78 is 0. The van der Waals surface area contributed by atoms with Crippen molar-refractivity contribution in [2.75, 3.05) is 0 Å². The minimum Gasteiger partial charge on any atom is -0.296 e. The zero-order valence-corrected chi connectivity index (χ0v) is 8.49. The highest BCUT2D eigenvalue weighted by Crippen LogP contribution is 2.22. The third kappa shape index (κ3) is 2.12. The average Bonchev–Trinajstić information content (AvgIpc) is 2.17. The van der Waals surface area contributed by atoms with E-state index in [1.807, 2.05) is 0 Å². The van der Waals surface area contributed by atoms with Gasteiger partial charge in [-0.25, -0.2) is 9.97 Å². The molecule has 1 aromatic rings. The maximum Gasteiger partial charge on any atom is 0.237 e. The number of halogens is 1. The molecule has 1 aliphatic heterocycles. The van der Waals surface area contributed by atoms with Crippen LogP contribution >= 0.6 is 11.6 Å². The summed E-state index contributed by atoms with van der Waals surface area (Å²) in [5.41, 5.74) is 0. The van der Waals surface area contributed by atoms with Crippen LogP contribution in [0, 0.1) is 0 Å². The van der Waals surface area contributed by atoms with Crippen molar-refractivity contribution in [2.24, 2.45) is 0 Å². The number of carbonyl (C=O) groups is 2. The zero-order valence-electron chi connectivity index (χ0n) is 7.74. The van der Waals surface area contributed by atoms with Crippen molar-refractivity contribution in [1.82, 2.24) is 15.3 Å². The van der Waals surface area contributed by atoms with Gasteiger partial charge in [-0.3, -0.25) is 14.9 Å². The SMILES string of the molecule is O=C1CCC(c2nccc(Cl)n2)C(=O)N1. The Morgan fingerprint density at radius 2 is 2.27 bits per heavy atom. The van der Waals surface area contributed by atoms with Crippen LogP contribution in [0.4, 0.5) is 0 Å². The molecular formula is C9H8ClN3O2. The van der Waals surface area contributed by atoms with Crippen LogP contribution in [0.2, 0.25) is 5.15 Å². The van der Waals surface area contributed by atoms with Crippen molar-refractivity contribution < 1.29 is 9.59 Å². The van der Waals surface area contributed by atoms with Gasteiger partial charge in [0.1, 0.15) is 11.0 Å². The number of carbonyl (C=O) groups excluding carboxylic acids is 2. The molecule has 1 atom stereocenters. The summed E-state index contributed by atoms with van der Waals surface area (Å²) in [4.78, 5) is 30.3. The molecule has 1 aromatic heterocycles. The molecule has 15 heavy (non-hydrogen) atoms. The fraction of sp³-hybridized carbons (Fsp3) is 0.333. The standard InChI is InChI=1S/C9H8ClN3O2/c10-6-3-4-11-8(12-6)5-1-2-7(14)13-9(5)15/h3-5H,1-2H2,(H,13,14,15). The summed E-state index contributed by atoms with van der Waals surface area (Å²) >= 11 is 5.69. The molecule has 2 amide bonds. The summed E-state index contributed by atoms with van der Waals surface area (Å²) in [6.07, 6.45) is 2.24. The highest BCUT2D eigenvalue weighted by molar-refractivity contribution is 6.29. The number of nitrogens with zero attached hydrogens (tertiary/aromatic N) is 2. The van der Waals surface area contributed by atoms with E-state index in [1.165, 1.54) is 12.3 Å². The van der Waals surface area contributed by atoms with Crippen LogP contribution < -0.4 is 5.32 Å². The van der Waals surface area contributed by atoms with E-state index in [2.05, 4.69) is 15.3 Å². The van der Waals surface area contributed by atoms with E-state index in [-0.39, 0.29) is 11.8 Å². The van der Waals surface area contributed by atoms with Crippen LogP contribution in [-0.4, -0.2) is 21.8 Å². The minimum atomic E-state index is -0.471. The van der Waals surface area contributed by atoms with E-state index < -0.39 is 5.92 Å². The Bertz CT molecular complexity index is 422. The second kappa shape index (κ2) is 3.94. The maximum atomic E-state index is 11.5. The number of hydrogen-bond acceptors (Lipinski definition) is 4. The minimum absolute atomic E-state index is 0.252. The first-order chi connectivity index (χ1) is 7.16. The molecule has 0 bridgehead atoms. The number of imide groups is 1. The average molecular weight is 226 g/mol. The van der Waals surface area contributed by atoms with Crippen molar-refractivity contribution >= 4 is 23.4 Å². The number of amides is 2. The Balaban J connectivity index is 2.24. The molecule has 2 heterocycles. The second-order valence-electron chi connectivity index (χ2n) is 3.24. The molecule has 1 N–H and O–H groups in total. The topological polar surface area (TPSA) is 72.0 Å². The van der Waals surface area contributed by atoms with Gasteiger partial charge in [-0.15, -0.1) is 0 Å². The molecule has 2 rings (SSSR count). The molecule has 0 radical (unpaired) electrons. The molecule has 0 aliphatic carbocycles. The summed E-state index contributed by atoms with van der Waals surface area (Å²) in [6.45, 7) is 0. The summed E-state index contributed by atoms with van der Waals surface area (Å²) in [7, 11) is 0. The number of nitrogens with one attached hydrogen (secondary N) is 1. The van der Waals surface area contributed by atoms with Gasteiger partial charge in [0, 0.05) is 12.6 Å². The van der Waals surface area contributed by atoms with Gasteiger partial charge in [-0.05, 0) is 12.5 Å². The summed E-state index contributed by atoms with van der Waals surface area (Å²) in [6, 6.07) is 1.54. The van der Waals surface area contributed by atoms with E-state index in [9.17, 15) is 9.59 Å². The number of rotatable bonds is 1. The first-order valence-corrected chi connectivity index (χ1v) is 4.87. The Morgan fingerprint density at radius 1 is 1.47 bits per heavy atom. The third-order valence-corrected chi connectivity index (χ3v) is 2.40. The van der Waals surface area contributed by atoms with Gasteiger partial charge in [0.2, 0.25) is 11.8 Å². The molecule has 5 nitrogen and oxygen atoms in total. The lowest BCUT2D eigenvalue weighted by Gasteiger charge is -2.19. The van der Waals surface area contributed by atoms with Crippen LogP contribution in [0.5, 0.6) is 0 Å². The van der Waals surface area contributed by atoms with Crippen LogP contribution in [0.15, 0.2) is 12.3 Å². The van der Waals surface area contributed by atoms with Crippen molar-refractivity contribution in [3.8, 4) is 0 Å². The van der Waals surface area contributed by atoms with Gasteiger partial charge in [-0.2, -0.15) is 0 Å². The number of aromatic nitrogens is 2. The van der Waals surface area contributed by atoms with Crippen LogP contribution in [0.3, 0.4) is 0 Å². The molecule has 1 saturated heterocycles.